The minimum Gasteiger partial charge on any atom is -0.396 e. The maximum atomic E-state index is 13.2. The fourth-order valence-electron chi connectivity index (χ4n) is 1.40. The van der Waals surface area contributed by atoms with Gasteiger partial charge in [-0.2, -0.15) is 5.26 Å². The Kier molecular flexibility index (Phi) is 3.83. The Morgan fingerprint density at radius 2 is 2.26 bits per heavy atom. The number of halogens is 2. The molecule has 19 heavy (non-hydrogen) atoms. The SMILES string of the molecule is N#Cc1ccsc1NC(=O)c1cc(N)c(F)cc1Br. The number of carbonyl (C=O) groups excluding carboxylic acids is 1. The Balaban J connectivity index is 2.31. The number of nitrogen functional groups attached to an aromatic ring is 1. The van der Waals surface area contributed by atoms with Crippen molar-refractivity contribution >= 4 is 43.9 Å². The van der Waals surface area contributed by atoms with Crippen LogP contribution in [0.2, 0.25) is 0 Å². The third-order valence-electron chi connectivity index (χ3n) is 2.34. The maximum absolute atomic E-state index is 13.2. The first-order valence-corrected chi connectivity index (χ1v) is 6.73. The molecule has 0 unspecified atom stereocenters. The molecule has 2 aromatic rings. The summed E-state index contributed by atoms with van der Waals surface area (Å²) in [7, 11) is 0. The van der Waals surface area contributed by atoms with Crippen molar-refractivity contribution < 1.29 is 9.18 Å². The molecule has 4 nitrogen and oxygen atoms in total. The van der Waals surface area contributed by atoms with Crippen LogP contribution in [0.25, 0.3) is 0 Å². The third-order valence-corrected chi connectivity index (χ3v) is 3.83. The number of hydrogen-bond donors (Lipinski definition) is 2. The van der Waals surface area contributed by atoms with Gasteiger partial charge in [-0.05, 0) is 39.5 Å². The van der Waals surface area contributed by atoms with Gasteiger partial charge in [0.2, 0.25) is 0 Å². The lowest BCUT2D eigenvalue weighted by Gasteiger charge is -2.07. The molecule has 0 aliphatic carbocycles. The van der Waals surface area contributed by atoms with Gasteiger partial charge in [-0.15, -0.1) is 11.3 Å². The zero-order chi connectivity index (χ0) is 14.0. The zero-order valence-electron chi connectivity index (χ0n) is 9.41. The van der Waals surface area contributed by atoms with Gasteiger partial charge in [0.05, 0.1) is 16.8 Å². The van der Waals surface area contributed by atoms with E-state index in [1.54, 1.807) is 11.4 Å². The molecular formula is C12H7BrFN3OS. The lowest BCUT2D eigenvalue weighted by atomic mass is 10.2. The van der Waals surface area contributed by atoms with Crippen molar-refractivity contribution in [2.45, 2.75) is 0 Å². The molecule has 7 heteroatoms. The average Bonchev–Trinajstić information content (AvgIpc) is 2.80. The minimum absolute atomic E-state index is 0.111. The summed E-state index contributed by atoms with van der Waals surface area (Å²) in [6.07, 6.45) is 0. The van der Waals surface area contributed by atoms with E-state index < -0.39 is 11.7 Å². The number of benzene rings is 1. The second kappa shape index (κ2) is 5.38. The normalized spacial score (nSPS) is 9.95. The molecule has 0 atom stereocenters. The maximum Gasteiger partial charge on any atom is 0.257 e. The van der Waals surface area contributed by atoms with E-state index in [4.69, 9.17) is 11.0 Å². The van der Waals surface area contributed by atoms with E-state index in [-0.39, 0.29) is 11.3 Å². The summed E-state index contributed by atoms with van der Waals surface area (Å²) in [6, 6.07) is 5.95. The summed E-state index contributed by atoms with van der Waals surface area (Å²) in [5.41, 5.74) is 5.90. The van der Waals surface area contributed by atoms with Crippen molar-refractivity contribution in [2.24, 2.45) is 0 Å². The van der Waals surface area contributed by atoms with Crippen LogP contribution < -0.4 is 11.1 Å². The Morgan fingerprint density at radius 3 is 2.95 bits per heavy atom. The Morgan fingerprint density at radius 1 is 1.53 bits per heavy atom. The van der Waals surface area contributed by atoms with Crippen molar-refractivity contribution in [3.05, 3.63) is 45.0 Å². The van der Waals surface area contributed by atoms with Crippen molar-refractivity contribution in [1.29, 1.82) is 5.26 Å². The van der Waals surface area contributed by atoms with E-state index in [0.717, 1.165) is 6.07 Å². The topological polar surface area (TPSA) is 78.9 Å². The first kappa shape index (κ1) is 13.5. The Hall–Kier alpha value is -1.91. The van der Waals surface area contributed by atoms with Crippen LogP contribution in [0.15, 0.2) is 28.1 Å². The number of nitrogens with zero attached hydrogens (tertiary/aromatic N) is 1. The fraction of sp³-hybridized carbons (Fsp3) is 0. The molecule has 0 radical (unpaired) electrons. The number of thiophene rings is 1. The number of anilines is 2. The van der Waals surface area contributed by atoms with Crippen LogP contribution >= 0.6 is 27.3 Å². The van der Waals surface area contributed by atoms with Crippen LogP contribution in [0.4, 0.5) is 15.1 Å². The molecule has 2 rings (SSSR count). The van der Waals surface area contributed by atoms with E-state index in [9.17, 15) is 9.18 Å². The number of nitrogens with two attached hydrogens (primary N) is 1. The van der Waals surface area contributed by atoms with Crippen molar-refractivity contribution in [3.8, 4) is 6.07 Å². The predicted octanol–water partition coefficient (Wildman–Crippen LogP) is 3.36. The van der Waals surface area contributed by atoms with Gasteiger partial charge >= 0.3 is 0 Å². The molecule has 0 bridgehead atoms. The van der Waals surface area contributed by atoms with Crippen molar-refractivity contribution in [3.63, 3.8) is 0 Å². The second-order valence-electron chi connectivity index (χ2n) is 3.58. The summed E-state index contributed by atoms with van der Waals surface area (Å²) >= 11 is 4.34. The molecule has 96 valence electrons. The van der Waals surface area contributed by atoms with E-state index >= 15 is 0 Å². The lowest BCUT2D eigenvalue weighted by Crippen LogP contribution is -2.13. The number of amides is 1. The van der Waals surface area contributed by atoms with Crippen LogP contribution in [-0.2, 0) is 0 Å². The smallest absolute Gasteiger partial charge is 0.257 e. The largest absolute Gasteiger partial charge is 0.396 e. The summed E-state index contributed by atoms with van der Waals surface area (Å²) in [5.74, 6) is -1.06. The highest BCUT2D eigenvalue weighted by atomic mass is 79.9. The van der Waals surface area contributed by atoms with Gasteiger partial charge in [-0.25, -0.2) is 4.39 Å². The molecule has 1 aromatic heterocycles. The van der Waals surface area contributed by atoms with Crippen molar-refractivity contribution in [1.82, 2.24) is 0 Å². The van der Waals surface area contributed by atoms with Crippen LogP contribution in [0.3, 0.4) is 0 Å². The summed E-state index contributed by atoms with van der Waals surface area (Å²) in [4.78, 5) is 12.0. The van der Waals surface area contributed by atoms with Gasteiger partial charge in [0.25, 0.3) is 5.91 Å². The van der Waals surface area contributed by atoms with Crippen LogP contribution in [0.1, 0.15) is 15.9 Å². The minimum atomic E-state index is -0.600. The van der Waals surface area contributed by atoms with Gasteiger partial charge < -0.3 is 11.1 Å². The summed E-state index contributed by atoms with van der Waals surface area (Å²) in [6.45, 7) is 0. The monoisotopic (exact) mass is 339 g/mol. The molecule has 0 fully saturated rings. The number of hydrogen-bond acceptors (Lipinski definition) is 4. The van der Waals surface area contributed by atoms with E-state index in [2.05, 4.69) is 21.2 Å². The molecule has 1 amide bonds. The van der Waals surface area contributed by atoms with Crippen LogP contribution in [-0.4, -0.2) is 5.91 Å². The van der Waals surface area contributed by atoms with E-state index in [1.807, 2.05) is 6.07 Å². The Labute approximate surface area is 120 Å². The molecule has 1 heterocycles. The highest BCUT2D eigenvalue weighted by molar-refractivity contribution is 9.10. The summed E-state index contributed by atoms with van der Waals surface area (Å²) < 4.78 is 13.5. The lowest BCUT2D eigenvalue weighted by molar-refractivity contribution is 0.102. The number of carbonyl (C=O) groups is 1. The van der Waals surface area contributed by atoms with Gasteiger partial charge in [0.15, 0.2) is 0 Å². The van der Waals surface area contributed by atoms with Crippen LogP contribution in [0.5, 0.6) is 0 Å². The van der Waals surface area contributed by atoms with Crippen LogP contribution in [0, 0.1) is 17.1 Å². The van der Waals surface area contributed by atoms with E-state index in [1.165, 1.54) is 17.4 Å². The molecule has 0 spiro atoms. The highest BCUT2D eigenvalue weighted by Gasteiger charge is 2.15. The second-order valence-corrected chi connectivity index (χ2v) is 5.35. The number of rotatable bonds is 2. The average molecular weight is 340 g/mol. The molecular weight excluding hydrogens is 333 g/mol. The van der Waals surface area contributed by atoms with Gasteiger partial charge in [-0.3, -0.25) is 4.79 Å². The quantitative estimate of drug-likeness (QED) is 0.823. The Bertz CT molecular complexity index is 693. The van der Waals surface area contributed by atoms with E-state index in [0.29, 0.717) is 15.0 Å². The molecule has 0 saturated heterocycles. The van der Waals surface area contributed by atoms with Gasteiger partial charge in [0.1, 0.15) is 16.9 Å². The summed E-state index contributed by atoms with van der Waals surface area (Å²) in [5, 5.41) is 13.6. The predicted molar refractivity (Wildman–Crippen MR) is 75.5 cm³/mol. The third kappa shape index (κ3) is 2.75. The number of nitriles is 1. The van der Waals surface area contributed by atoms with Gasteiger partial charge in [-0.1, -0.05) is 0 Å². The molecule has 0 aliphatic rings. The van der Waals surface area contributed by atoms with Gasteiger partial charge in [0, 0.05) is 4.47 Å². The molecule has 3 N–H and O–H groups in total. The zero-order valence-corrected chi connectivity index (χ0v) is 11.8. The molecule has 1 aromatic carbocycles. The highest BCUT2D eigenvalue weighted by Crippen LogP contribution is 2.26. The number of nitrogens with one attached hydrogen (secondary N) is 1. The standard InChI is InChI=1S/C12H7BrFN3OS/c13-8-4-9(14)10(16)3-7(8)11(18)17-12-6(5-15)1-2-19-12/h1-4H,16H2,(H,17,18). The van der Waals surface area contributed by atoms with Crippen molar-refractivity contribution in [2.75, 3.05) is 11.1 Å². The first-order valence-electron chi connectivity index (χ1n) is 5.06. The first-order chi connectivity index (χ1) is 9.02. The molecule has 0 saturated carbocycles. The fourth-order valence-corrected chi connectivity index (χ4v) is 2.63. The molecule has 0 aliphatic heterocycles.